The summed E-state index contributed by atoms with van der Waals surface area (Å²) in [6, 6.07) is 158. The van der Waals surface area contributed by atoms with Crippen LogP contribution < -0.4 is 0 Å². The number of hydrogen-bond donors (Lipinski definition) is 0. The molecule has 0 aliphatic heterocycles. The molecule has 0 saturated heterocycles. The van der Waals surface area contributed by atoms with E-state index in [9.17, 15) is 0 Å². The Hall–Kier alpha value is -17.2. The molecule has 4 heteroatoms. The monoisotopic (exact) mass is 1810 g/mol. The Morgan fingerprint density at radius 3 is 0.627 bits per heavy atom. The van der Waals surface area contributed by atoms with Crippen LogP contribution >= 0.6 is 0 Å². The average molecular weight is 1820 g/mol. The third kappa shape index (κ3) is 12.3. The first-order chi connectivity index (χ1) is 69.3. The van der Waals surface area contributed by atoms with E-state index in [0.29, 0.717) is 0 Å². The highest BCUT2D eigenvalue weighted by Gasteiger charge is 2.42. The summed E-state index contributed by atoms with van der Waals surface area (Å²) in [5, 5.41) is 8.01. The van der Waals surface area contributed by atoms with Crippen LogP contribution in [0.2, 0.25) is 0 Å². The molecule has 0 saturated carbocycles. The van der Waals surface area contributed by atoms with Crippen molar-refractivity contribution in [2.24, 2.45) is 0 Å². The minimum Gasteiger partial charge on any atom is -0.456 e. The summed E-state index contributed by atoms with van der Waals surface area (Å²) in [5.74, 6) is 0. The second kappa shape index (κ2) is 30.2. The standard InChI is InChI=1S/C138H94O4/c1-135(2)115-67-87(43-51-101(115)105-55-47-91(71-119(105)135)99-63-95(81-31-17-11-18-32-81)61-97(65-99)85-37-25-35-83(59-85)79-27-13-9-14-28-79)89-45-53-103-107-57-49-93(73-121(107)137(5,6)117(103)69-89)111-75-127-129(131-109-39-21-23-41-123(109)141-133(111)131)113-77-126-114(78-125(113)139-127)130-128(140-126)76-112(134-132(130)110-40-22-24-42-124(110)142-134)94-50-58-108-104-54-46-90(70-118(104)138(7,8)122(108)74-94)88-44-52-102-106-56-48-92(72-120(106)136(3,4)116(102)68-88)100-64-96(82-33-19-12-20-34-82)62-98(66-100)86-38-26-36-84(60-86)80-29-15-10-16-30-80/h9-78H,1-8H3. The Morgan fingerprint density at radius 1 is 0.127 bits per heavy atom. The van der Waals surface area contributed by atoms with Crippen LogP contribution in [0.15, 0.2) is 442 Å². The van der Waals surface area contributed by atoms with E-state index in [-0.39, 0.29) is 21.7 Å². The summed E-state index contributed by atoms with van der Waals surface area (Å²) in [6.07, 6.45) is 0. The van der Waals surface area contributed by atoms with Gasteiger partial charge in [0.25, 0.3) is 0 Å². The van der Waals surface area contributed by atoms with Crippen LogP contribution in [-0.2, 0) is 21.7 Å². The largest absolute Gasteiger partial charge is 0.456 e. The highest BCUT2D eigenvalue weighted by Crippen LogP contribution is 2.60. The second-order valence-corrected chi connectivity index (χ2v) is 42.1. The van der Waals surface area contributed by atoms with Gasteiger partial charge in [-0.2, -0.15) is 0 Å². The molecule has 4 aliphatic carbocycles. The number of benzene rings is 21. The number of fused-ring (bicyclic) bond motifs is 26. The fourth-order valence-electron chi connectivity index (χ4n) is 25.1. The van der Waals surface area contributed by atoms with Crippen molar-refractivity contribution in [3.05, 3.63) is 469 Å². The maximum absolute atomic E-state index is 7.32. The molecule has 0 N–H and O–H groups in total. The maximum atomic E-state index is 7.32. The lowest BCUT2D eigenvalue weighted by molar-refractivity contribution is 0.659. The smallest absolute Gasteiger partial charge is 0.144 e. The lowest BCUT2D eigenvalue weighted by Gasteiger charge is -2.24. The number of hydrogen-bond acceptors (Lipinski definition) is 4. The molecule has 4 aliphatic rings. The van der Waals surface area contributed by atoms with Crippen molar-refractivity contribution < 1.29 is 17.7 Å². The summed E-state index contributed by atoms with van der Waals surface area (Å²) in [7, 11) is 0. The molecular weight excluding hydrogens is 1720 g/mol. The predicted octanol–water partition coefficient (Wildman–Crippen LogP) is 38.5. The normalized spacial score (nSPS) is 14.1. The van der Waals surface area contributed by atoms with Gasteiger partial charge in [-0.1, -0.05) is 347 Å². The molecule has 0 atom stereocenters. The van der Waals surface area contributed by atoms with Crippen molar-refractivity contribution in [2.75, 3.05) is 0 Å². The Bertz CT molecular complexity index is 9200. The average Bonchev–Trinajstić information content (AvgIpc) is 1.54. The van der Waals surface area contributed by atoms with Crippen LogP contribution in [0.4, 0.5) is 0 Å². The topological polar surface area (TPSA) is 52.6 Å². The van der Waals surface area contributed by atoms with Gasteiger partial charge in [0.15, 0.2) is 0 Å². The van der Waals surface area contributed by atoms with E-state index in [2.05, 4.69) is 480 Å². The van der Waals surface area contributed by atoms with Crippen LogP contribution in [0.25, 0.3) is 266 Å². The number of para-hydroxylation sites is 2. The Balaban J connectivity index is 0.468. The Labute approximate surface area is 823 Å². The van der Waals surface area contributed by atoms with Gasteiger partial charge in [0.1, 0.15) is 44.7 Å². The zero-order chi connectivity index (χ0) is 94.7. The second-order valence-electron chi connectivity index (χ2n) is 42.1. The van der Waals surface area contributed by atoms with Gasteiger partial charge in [-0.25, -0.2) is 0 Å². The summed E-state index contributed by atoms with van der Waals surface area (Å²) in [4.78, 5) is 0. The molecule has 0 spiro atoms. The van der Waals surface area contributed by atoms with Crippen molar-refractivity contribution in [3.8, 4) is 178 Å². The lowest BCUT2D eigenvalue weighted by atomic mass is 9.79. The molecule has 0 fully saturated rings. The lowest BCUT2D eigenvalue weighted by Crippen LogP contribution is -2.15. The van der Waals surface area contributed by atoms with E-state index < -0.39 is 0 Å². The fraction of sp³-hybridized carbons (Fsp3) is 0.0870. The molecule has 29 rings (SSSR count). The minimum absolute atomic E-state index is 0.261. The molecule has 4 nitrogen and oxygen atoms in total. The first-order valence-corrected chi connectivity index (χ1v) is 49.8. The van der Waals surface area contributed by atoms with E-state index in [1.54, 1.807) is 0 Å². The SMILES string of the molecule is CC1(C)c2cc(-c3cc(-c4ccccc4)cc(-c4cccc(-c5ccccc5)c4)c3)ccc2-c2ccc(-c3ccc4c(c3)C(C)(C)c3cc(-c5cc6oc7cc8c(cc7c6c6c5oc5ccccc56)oc5cc(-c6ccc7c(c6)C(C)(C)c6cc(-c9ccc%10c(c9)C(C)(C)c9cc(-c%11cc(-c%12ccccc%12)cc(-c%12cccc(-c%13ccccc%13)c%12)c%11)ccc9-%10)ccc6-7)c6oc7ccccc7c6c58)ccc3-4)cc21. The molecule has 4 aromatic heterocycles. The molecule has 142 heavy (non-hydrogen) atoms. The zero-order valence-electron chi connectivity index (χ0n) is 80.0. The minimum atomic E-state index is -0.338. The van der Waals surface area contributed by atoms with Crippen molar-refractivity contribution in [1.82, 2.24) is 0 Å². The third-order valence-electron chi connectivity index (χ3n) is 32.6. The van der Waals surface area contributed by atoms with E-state index in [4.69, 9.17) is 17.7 Å². The summed E-state index contributed by atoms with van der Waals surface area (Å²) in [6.45, 7) is 19.2. The number of rotatable bonds is 12. The van der Waals surface area contributed by atoms with Gasteiger partial charge in [0, 0.05) is 75.9 Å². The van der Waals surface area contributed by atoms with Crippen molar-refractivity contribution in [3.63, 3.8) is 0 Å². The van der Waals surface area contributed by atoms with E-state index in [1.165, 1.54) is 200 Å². The quantitative estimate of drug-likeness (QED) is 0.122. The molecular formula is C138H94O4. The molecule has 0 amide bonds. The van der Waals surface area contributed by atoms with Gasteiger partial charge in [0.2, 0.25) is 0 Å². The number of furan rings is 4. The maximum Gasteiger partial charge on any atom is 0.144 e. The van der Waals surface area contributed by atoms with Crippen molar-refractivity contribution >= 4 is 87.8 Å². The van der Waals surface area contributed by atoms with Crippen LogP contribution in [0.5, 0.6) is 0 Å². The molecule has 21 aromatic carbocycles. The van der Waals surface area contributed by atoms with E-state index >= 15 is 0 Å². The van der Waals surface area contributed by atoms with Gasteiger partial charge in [0.05, 0.1) is 0 Å². The van der Waals surface area contributed by atoms with Crippen molar-refractivity contribution in [2.45, 2.75) is 77.0 Å². The molecule has 4 heterocycles. The Morgan fingerprint density at radius 2 is 0.338 bits per heavy atom. The highest BCUT2D eigenvalue weighted by atomic mass is 16.3. The predicted molar refractivity (Wildman–Crippen MR) is 591 cm³/mol. The van der Waals surface area contributed by atoms with Crippen LogP contribution in [0, 0.1) is 0 Å². The van der Waals surface area contributed by atoms with Gasteiger partial charge in [-0.3, -0.25) is 0 Å². The van der Waals surface area contributed by atoms with E-state index in [1.807, 2.05) is 0 Å². The van der Waals surface area contributed by atoms with Gasteiger partial charge in [-0.05, 0) is 345 Å². The van der Waals surface area contributed by atoms with Crippen molar-refractivity contribution in [1.29, 1.82) is 0 Å². The van der Waals surface area contributed by atoms with Gasteiger partial charge < -0.3 is 17.7 Å². The van der Waals surface area contributed by atoms with Gasteiger partial charge >= 0.3 is 0 Å². The molecule has 25 aromatic rings. The fourth-order valence-corrected chi connectivity index (χ4v) is 25.1. The van der Waals surface area contributed by atoms with E-state index in [0.717, 1.165) is 110 Å². The van der Waals surface area contributed by atoms with Gasteiger partial charge in [-0.15, -0.1) is 0 Å². The van der Waals surface area contributed by atoms with Crippen LogP contribution in [0.3, 0.4) is 0 Å². The zero-order valence-corrected chi connectivity index (χ0v) is 80.0. The molecule has 0 bridgehead atoms. The summed E-state index contributed by atoms with van der Waals surface area (Å²) in [5.41, 5.74) is 54.2. The van der Waals surface area contributed by atoms with Crippen LogP contribution in [0.1, 0.15) is 99.9 Å². The summed E-state index contributed by atoms with van der Waals surface area (Å²) >= 11 is 0. The molecule has 0 unspecified atom stereocenters. The Kier molecular flexibility index (Phi) is 17.4. The highest BCUT2D eigenvalue weighted by molar-refractivity contribution is 6.33. The third-order valence-corrected chi connectivity index (χ3v) is 32.6. The molecule has 0 radical (unpaired) electrons. The van der Waals surface area contributed by atoms with Crippen LogP contribution in [-0.4, -0.2) is 0 Å². The summed E-state index contributed by atoms with van der Waals surface area (Å²) < 4.78 is 29.0. The first kappa shape index (κ1) is 81.9. The molecule has 670 valence electrons. The first-order valence-electron chi connectivity index (χ1n) is 49.8.